The Morgan fingerprint density at radius 3 is 0.845 bits per heavy atom. The number of aryl methyl sites for hydroxylation is 8. The standard InChI is InChI=1S/2C11H14.C10H13N.5C10H12O.C9H11NO.C9H10O2/c2*1-2-6-10-8-4-5-9-11(10)7-3-1;1-2-4-10-6-8-11-7-5-9(10)3-1;2*1-2-7-10-9(5-1)6-3-4-8-11-10;2*1-2-5-10-8-11-7-3-6-9(10)4-1;1-2-4-10-6-8-11-7-5-9(10)3-1;1-2-4-9-8(3-1)7-10-5-6-11-9;1-2-5-9-8(4-1)10-6-3-7-11-9/h2*4-5,8-9H,1-3,6-7H2;1-4,11H,5-8H2;2*1-2,5,7H,3-4,6,8H2;2*1-2,4-5H,3,6-8H2;1-4H,5-8H2;1-4,10H,5-7H2;1-2,4-5H,3,6-7H2. The van der Waals surface area contributed by atoms with E-state index < -0.39 is 0 Å². The summed E-state index contributed by atoms with van der Waals surface area (Å²) in [5.41, 5.74) is 22.0. The van der Waals surface area contributed by atoms with E-state index in [-0.39, 0.29) is 0 Å². The number of benzene rings is 10. The highest BCUT2D eigenvalue weighted by Crippen LogP contribution is 2.30. The van der Waals surface area contributed by atoms with Crippen LogP contribution in [0, 0.1) is 0 Å². The van der Waals surface area contributed by atoms with E-state index in [4.69, 9.17) is 37.9 Å². The van der Waals surface area contributed by atoms with Crippen molar-refractivity contribution < 1.29 is 37.9 Å². The SMILES string of the molecule is c1ccc2c(c1)CCCCC2.c1ccc2c(c1)CCCCC2.c1ccc2c(c1)CCCCO2.c1ccc2c(c1)CCCCO2.c1ccc2c(c1)CCCOC2.c1ccc2c(c1)CCCOC2.c1ccc2c(c1)CCNCC2.c1ccc2c(c1)CCOCC2.c1ccc2c(c1)CNCCO2.c1ccc2c(c1)OCCCO2. The van der Waals surface area contributed by atoms with Crippen LogP contribution in [-0.4, -0.2) is 79.1 Å². The summed E-state index contributed by atoms with van der Waals surface area (Å²) in [5, 5.41) is 6.67. The van der Waals surface area contributed by atoms with E-state index >= 15 is 0 Å². The number of rotatable bonds is 0. The van der Waals surface area contributed by atoms with Gasteiger partial charge in [0, 0.05) is 38.3 Å². The van der Waals surface area contributed by atoms with Gasteiger partial charge in [0.25, 0.3) is 0 Å². The Labute approximate surface area is 659 Å². The number of nitrogens with one attached hydrogen (secondary N) is 2. The average molecular weight is 1480 g/mol. The molecule has 10 aromatic carbocycles. The van der Waals surface area contributed by atoms with Gasteiger partial charge in [0.05, 0.1) is 52.9 Å². The molecule has 8 heterocycles. The van der Waals surface area contributed by atoms with Gasteiger partial charge in [-0.3, -0.25) is 0 Å². The van der Waals surface area contributed by atoms with Gasteiger partial charge in [-0.05, 0) is 263 Å². The first-order valence-electron chi connectivity index (χ1n) is 41.7. The molecule has 0 bridgehead atoms. The van der Waals surface area contributed by atoms with Crippen LogP contribution in [0.1, 0.15) is 167 Å². The highest BCUT2D eigenvalue weighted by Gasteiger charge is 2.14. The van der Waals surface area contributed by atoms with Crippen molar-refractivity contribution in [3.05, 3.63) is 326 Å². The van der Waals surface area contributed by atoms with Crippen molar-refractivity contribution in [2.45, 2.75) is 180 Å². The zero-order chi connectivity index (χ0) is 75.2. The molecule has 10 nitrogen and oxygen atoms in total. The van der Waals surface area contributed by atoms with E-state index in [1.165, 1.54) is 190 Å². The lowest BCUT2D eigenvalue weighted by molar-refractivity contribution is 0.125. The summed E-state index contributed by atoms with van der Waals surface area (Å²) in [7, 11) is 0. The lowest BCUT2D eigenvalue weighted by Crippen LogP contribution is -2.16. The van der Waals surface area contributed by atoms with Crippen molar-refractivity contribution in [3.63, 3.8) is 0 Å². The van der Waals surface area contributed by atoms with Crippen molar-refractivity contribution in [2.24, 2.45) is 0 Å². The Balaban J connectivity index is 0.000000121. The number of hydrogen-bond acceptors (Lipinski definition) is 10. The van der Waals surface area contributed by atoms with Gasteiger partial charge in [-0.25, -0.2) is 0 Å². The molecule has 0 unspecified atom stereocenters. The number of ether oxygens (including phenoxy) is 8. The highest BCUT2D eigenvalue weighted by atomic mass is 16.5. The zero-order valence-electron chi connectivity index (χ0n) is 65.6. The van der Waals surface area contributed by atoms with Crippen molar-refractivity contribution in [1.29, 1.82) is 0 Å². The fourth-order valence-electron chi connectivity index (χ4n) is 15.1. The number of para-hydroxylation sites is 5. The van der Waals surface area contributed by atoms with E-state index in [0.717, 1.165) is 160 Å². The molecule has 0 amide bonds. The zero-order valence-corrected chi connectivity index (χ0v) is 65.6. The van der Waals surface area contributed by atoms with Crippen molar-refractivity contribution in [2.75, 3.05) is 79.1 Å². The topological polar surface area (TPSA) is 97.9 Å². The number of hydrogen-bond donors (Lipinski definition) is 2. The van der Waals surface area contributed by atoms with Crippen LogP contribution in [0.4, 0.5) is 0 Å². The molecule has 0 fully saturated rings. The summed E-state index contributed by atoms with van der Waals surface area (Å²) in [5.74, 6) is 4.93. The van der Waals surface area contributed by atoms with Gasteiger partial charge in [0.15, 0.2) is 11.5 Å². The Hall–Kier alpha value is -9.00. The number of fused-ring (bicyclic) bond motifs is 10. The molecule has 0 saturated heterocycles. The van der Waals surface area contributed by atoms with Crippen molar-refractivity contribution in [1.82, 2.24) is 10.6 Å². The Morgan fingerprint density at radius 1 is 0.164 bits per heavy atom. The monoisotopic (exact) mass is 1480 g/mol. The molecule has 0 spiro atoms. The second kappa shape index (κ2) is 49.3. The smallest absolute Gasteiger partial charge is 0.161 e. The Morgan fingerprint density at radius 2 is 0.436 bits per heavy atom. The molecule has 0 aromatic heterocycles. The second-order valence-electron chi connectivity index (χ2n) is 29.4. The van der Waals surface area contributed by atoms with Gasteiger partial charge in [-0.2, -0.15) is 0 Å². The van der Waals surface area contributed by atoms with Gasteiger partial charge in [0.1, 0.15) is 23.9 Å². The molecule has 20 rings (SSSR count). The molecule has 0 radical (unpaired) electrons. The quantitative estimate of drug-likeness (QED) is 0.143. The van der Waals surface area contributed by atoms with Gasteiger partial charge < -0.3 is 48.5 Å². The lowest BCUT2D eigenvalue weighted by Gasteiger charge is -2.04. The Bertz CT molecular complexity index is 3070. The molecule has 110 heavy (non-hydrogen) atoms. The molecular formula is C100H122N2O8. The third-order valence-corrected chi connectivity index (χ3v) is 21.3. The van der Waals surface area contributed by atoms with Gasteiger partial charge in [0.2, 0.25) is 0 Å². The molecule has 580 valence electrons. The minimum atomic E-state index is 0.761. The van der Waals surface area contributed by atoms with Crippen molar-refractivity contribution >= 4 is 0 Å². The van der Waals surface area contributed by atoms with Crippen LogP contribution in [-0.2, 0) is 111 Å². The fourth-order valence-corrected chi connectivity index (χ4v) is 15.1. The van der Waals surface area contributed by atoms with Crippen LogP contribution in [0.25, 0.3) is 0 Å². The maximum absolute atomic E-state index is 5.55. The van der Waals surface area contributed by atoms with Crippen LogP contribution in [0.3, 0.4) is 0 Å². The molecular weight excluding hydrogens is 1360 g/mol. The molecule has 2 aliphatic carbocycles. The average Bonchev–Trinajstić information content (AvgIpc) is 1.49. The summed E-state index contributed by atoms with van der Waals surface area (Å²) in [6.07, 6.45) is 31.0. The molecule has 10 aliphatic rings. The Kier molecular flexibility index (Phi) is 36.7. The first-order valence-corrected chi connectivity index (χ1v) is 41.7. The normalized spacial score (nSPS) is 16.7. The van der Waals surface area contributed by atoms with Crippen LogP contribution >= 0.6 is 0 Å². The maximum Gasteiger partial charge on any atom is 0.161 e. The summed E-state index contributed by atoms with van der Waals surface area (Å²) < 4.78 is 43.6. The third-order valence-electron chi connectivity index (χ3n) is 21.3. The van der Waals surface area contributed by atoms with Gasteiger partial charge >= 0.3 is 0 Å². The van der Waals surface area contributed by atoms with Crippen LogP contribution < -0.4 is 34.3 Å². The largest absolute Gasteiger partial charge is 0.493 e. The molecule has 8 aliphatic heterocycles. The molecule has 0 saturated carbocycles. The van der Waals surface area contributed by atoms with E-state index in [1.807, 2.05) is 54.6 Å². The second-order valence-corrected chi connectivity index (χ2v) is 29.4. The minimum absolute atomic E-state index is 0.761. The predicted molar refractivity (Wildman–Crippen MR) is 451 cm³/mol. The molecule has 2 N–H and O–H groups in total. The summed E-state index contributed by atoms with van der Waals surface area (Å²) >= 11 is 0. The summed E-state index contributed by atoms with van der Waals surface area (Å²) in [6, 6.07) is 84.7. The van der Waals surface area contributed by atoms with Crippen LogP contribution in [0.2, 0.25) is 0 Å². The van der Waals surface area contributed by atoms with E-state index in [1.54, 1.807) is 22.3 Å². The van der Waals surface area contributed by atoms with E-state index in [0.29, 0.717) is 0 Å². The summed E-state index contributed by atoms with van der Waals surface area (Å²) in [6.45, 7) is 13.4. The first-order chi connectivity index (χ1) is 54.7. The molecule has 10 aromatic rings. The fraction of sp³-hybridized carbons (Fsp3) is 0.400. The van der Waals surface area contributed by atoms with Gasteiger partial charge in [-0.15, -0.1) is 0 Å². The van der Waals surface area contributed by atoms with E-state index in [9.17, 15) is 0 Å². The van der Waals surface area contributed by atoms with Crippen molar-refractivity contribution in [3.8, 4) is 28.7 Å². The first kappa shape index (κ1) is 82.0. The predicted octanol–water partition coefficient (Wildman–Crippen LogP) is 21.2. The van der Waals surface area contributed by atoms with Crippen LogP contribution in [0.5, 0.6) is 28.7 Å². The molecule has 0 atom stereocenters. The van der Waals surface area contributed by atoms with Crippen LogP contribution in [0.15, 0.2) is 243 Å². The van der Waals surface area contributed by atoms with Gasteiger partial charge in [-0.1, -0.05) is 225 Å². The highest BCUT2D eigenvalue weighted by molar-refractivity contribution is 5.41. The third kappa shape index (κ3) is 29.0. The van der Waals surface area contributed by atoms with E-state index in [2.05, 4.69) is 199 Å². The lowest BCUT2D eigenvalue weighted by atomic mass is 10.0. The summed E-state index contributed by atoms with van der Waals surface area (Å²) in [4.78, 5) is 0. The minimum Gasteiger partial charge on any atom is -0.493 e. The maximum atomic E-state index is 5.55. The molecule has 10 heteroatoms.